The summed E-state index contributed by atoms with van der Waals surface area (Å²) in [5.41, 5.74) is 0.0739. The van der Waals surface area contributed by atoms with E-state index in [1.165, 1.54) is 0 Å². The summed E-state index contributed by atoms with van der Waals surface area (Å²) in [7, 11) is 1.14. The Morgan fingerprint density at radius 2 is 2.07 bits per heavy atom. The predicted octanol–water partition coefficient (Wildman–Crippen LogP) is 1.80. The predicted molar refractivity (Wildman–Crippen MR) is 58.6 cm³/mol. The van der Waals surface area contributed by atoms with Crippen LogP contribution >= 0.6 is 33.3 Å². The normalized spacial score (nSPS) is 10.9. The van der Waals surface area contributed by atoms with Gasteiger partial charge in [0.05, 0.1) is 14.0 Å². The van der Waals surface area contributed by atoms with E-state index in [1.54, 1.807) is 28.7 Å². The van der Waals surface area contributed by atoms with Gasteiger partial charge in [-0.15, -0.1) is 0 Å². The van der Waals surface area contributed by atoms with Gasteiger partial charge in [-0.2, -0.15) is 5.26 Å². The zero-order chi connectivity index (χ0) is 10.9. The van der Waals surface area contributed by atoms with Crippen LogP contribution in [-0.2, 0) is 9.05 Å². The molecule has 1 rings (SSSR count). The Morgan fingerprint density at radius 3 is 2.50 bits per heavy atom. The van der Waals surface area contributed by atoms with Crippen LogP contribution in [0.2, 0.25) is 0 Å². The summed E-state index contributed by atoms with van der Waals surface area (Å²) in [6.07, 6.45) is 0. The molecule has 1 N–H and O–H groups in total. The Kier molecular flexibility index (Phi) is 3.24. The van der Waals surface area contributed by atoms with Crippen molar-refractivity contribution in [3.8, 4) is 11.8 Å². The van der Waals surface area contributed by atoms with Gasteiger partial charge in [-0.1, -0.05) is 0 Å². The molecule has 1 aromatic carbocycles. The molecule has 0 amide bonds. The maximum atomic E-state index is 10.9. The second-order valence-corrected chi connectivity index (χ2v) is 6.00. The number of hydrogen-bond acceptors (Lipinski definition) is 4. The minimum absolute atomic E-state index is 0.0739. The molecule has 0 bridgehead atoms. The van der Waals surface area contributed by atoms with Crippen molar-refractivity contribution in [2.24, 2.45) is 0 Å². The molecule has 0 aliphatic carbocycles. The van der Waals surface area contributed by atoms with Crippen molar-refractivity contribution in [1.29, 1.82) is 5.26 Å². The molecule has 0 aliphatic rings. The third kappa shape index (κ3) is 2.29. The number of aromatic hydroxyl groups is 1. The van der Waals surface area contributed by atoms with E-state index in [-0.39, 0.29) is 16.2 Å². The Labute approximate surface area is 98.7 Å². The summed E-state index contributed by atoms with van der Waals surface area (Å²) in [5, 5.41) is 17.9. The summed E-state index contributed by atoms with van der Waals surface area (Å²) in [6, 6.07) is 3.88. The smallest absolute Gasteiger partial charge is 0.261 e. The number of nitriles is 1. The van der Waals surface area contributed by atoms with Gasteiger partial charge in [0.2, 0.25) is 0 Å². The van der Waals surface area contributed by atoms with Crippen LogP contribution < -0.4 is 0 Å². The van der Waals surface area contributed by atoms with Crippen molar-refractivity contribution in [2.45, 2.75) is 4.90 Å². The Bertz CT molecular complexity index is 520. The van der Waals surface area contributed by atoms with Crippen LogP contribution in [-0.4, -0.2) is 13.5 Å². The zero-order valence-corrected chi connectivity index (χ0v) is 10.3. The molecule has 0 unspecified atom stereocenters. The molecule has 0 saturated heterocycles. The van der Waals surface area contributed by atoms with Crippen LogP contribution in [0, 0.1) is 14.9 Å². The molecule has 7 heteroatoms. The van der Waals surface area contributed by atoms with Gasteiger partial charge in [-0.3, -0.25) is 0 Å². The Balaban J connectivity index is 3.56. The van der Waals surface area contributed by atoms with Crippen molar-refractivity contribution in [3.05, 3.63) is 21.3 Å². The third-order valence-electron chi connectivity index (χ3n) is 1.43. The van der Waals surface area contributed by atoms with E-state index in [4.69, 9.17) is 15.9 Å². The second kappa shape index (κ2) is 3.92. The molecule has 0 radical (unpaired) electrons. The van der Waals surface area contributed by atoms with E-state index in [1.807, 2.05) is 0 Å². The van der Waals surface area contributed by atoms with E-state index in [2.05, 4.69) is 0 Å². The first-order valence-electron chi connectivity index (χ1n) is 3.23. The average Bonchev–Trinajstić information content (AvgIpc) is 2.07. The van der Waals surface area contributed by atoms with Gasteiger partial charge in [0, 0.05) is 16.7 Å². The molecule has 0 atom stereocenters. The van der Waals surface area contributed by atoms with Crippen molar-refractivity contribution >= 4 is 42.3 Å². The number of hydrogen-bond donors (Lipinski definition) is 1. The van der Waals surface area contributed by atoms with Gasteiger partial charge in [0.25, 0.3) is 9.05 Å². The van der Waals surface area contributed by atoms with Crippen molar-refractivity contribution in [2.75, 3.05) is 0 Å². The van der Waals surface area contributed by atoms with Crippen LogP contribution in [0.1, 0.15) is 5.56 Å². The number of benzene rings is 1. The molecule has 0 spiro atoms. The lowest BCUT2D eigenvalue weighted by molar-refractivity contribution is 0.469. The van der Waals surface area contributed by atoms with Crippen molar-refractivity contribution < 1.29 is 13.5 Å². The summed E-state index contributed by atoms with van der Waals surface area (Å²) < 4.78 is 22.1. The second-order valence-electron chi connectivity index (χ2n) is 2.35. The summed E-state index contributed by atoms with van der Waals surface area (Å²) in [6.45, 7) is 0. The minimum atomic E-state index is -3.92. The molecule has 0 heterocycles. The molecule has 0 aromatic heterocycles. The highest BCUT2D eigenvalue weighted by Gasteiger charge is 2.15. The van der Waals surface area contributed by atoms with Crippen LogP contribution in [0.15, 0.2) is 17.0 Å². The van der Waals surface area contributed by atoms with Crippen LogP contribution in [0.5, 0.6) is 5.75 Å². The molecule has 14 heavy (non-hydrogen) atoms. The highest BCUT2D eigenvalue weighted by atomic mass is 127. The van der Waals surface area contributed by atoms with Crippen molar-refractivity contribution in [1.82, 2.24) is 0 Å². The molecular formula is C7H3ClINO3S. The van der Waals surface area contributed by atoms with Crippen LogP contribution in [0.4, 0.5) is 0 Å². The Morgan fingerprint density at radius 1 is 1.50 bits per heavy atom. The SMILES string of the molecule is N#Cc1cc(S(=O)(=O)Cl)cc(O)c1I. The number of rotatable bonds is 1. The first-order chi connectivity index (χ1) is 6.36. The van der Waals surface area contributed by atoms with E-state index in [0.717, 1.165) is 12.1 Å². The molecule has 0 fully saturated rings. The zero-order valence-electron chi connectivity index (χ0n) is 6.53. The van der Waals surface area contributed by atoms with E-state index in [0.29, 0.717) is 3.57 Å². The van der Waals surface area contributed by atoms with Gasteiger partial charge >= 0.3 is 0 Å². The fraction of sp³-hybridized carbons (Fsp3) is 0. The standard InChI is InChI=1S/C7H3ClINO3S/c8-14(12,13)5-1-4(3-10)7(9)6(11)2-5/h1-2,11H. The molecule has 1 aromatic rings. The van der Waals surface area contributed by atoms with Crippen LogP contribution in [0.25, 0.3) is 0 Å². The fourth-order valence-electron chi connectivity index (χ4n) is 0.805. The van der Waals surface area contributed by atoms with E-state index in [9.17, 15) is 13.5 Å². The maximum Gasteiger partial charge on any atom is 0.261 e. The first-order valence-corrected chi connectivity index (χ1v) is 6.62. The van der Waals surface area contributed by atoms with Crippen molar-refractivity contribution in [3.63, 3.8) is 0 Å². The third-order valence-corrected chi connectivity index (χ3v) is 3.90. The van der Waals surface area contributed by atoms with Gasteiger partial charge in [-0.05, 0) is 28.7 Å². The number of nitrogens with zero attached hydrogens (tertiary/aromatic N) is 1. The number of phenols is 1. The minimum Gasteiger partial charge on any atom is -0.507 e. The molecule has 0 aliphatic heterocycles. The van der Waals surface area contributed by atoms with E-state index < -0.39 is 9.05 Å². The largest absolute Gasteiger partial charge is 0.507 e. The average molecular weight is 344 g/mol. The fourth-order valence-corrected chi connectivity index (χ4v) is 2.02. The van der Waals surface area contributed by atoms with Gasteiger partial charge < -0.3 is 5.11 Å². The van der Waals surface area contributed by atoms with Gasteiger partial charge in [0.1, 0.15) is 11.8 Å². The summed E-state index contributed by atoms with van der Waals surface area (Å²) in [4.78, 5) is -0.284. The molecule has 74 valence electrons. The highest BCUT2D eigenvalue weighted by molar-refractivity contribution is 14.1. The first kappa shape index (κ1) is 11.6. The van der Waals surface area contributed by atoms with Gasteiger partial charge in [0.15, 0.2) is 0 Å². The molecule has 0 saturated carbocycles. The van der Waals surface area contributed by atoms with Crippen LogP contribution in [0.3, 0.4) is 0 Å². The number of phenolic OH excluding ortho intramolecular Hbond substituents is 1. The lowest BCUT2D eigenvalue weighted by Crippen LogP contribution is -1.93. The summed E-state index contributed by atoms with van der Waals surface area (Å²) >= 11 is 1.74. The monoisotopic (exact) mass is 343 g/mol. The Hall–Kier alpha value is -0.520. The quantitative estimate of drug-likeness (QED) is 0.623. The lowest BCUT2D eigenvalue weighted by atomic mass is 10.2. The summed E-state index contributed by atoms with van der Waals surface area (Å²) in [5.74, 6) is -0.274. The molecular weight excluding hydrogens is 341 g/mol. The number of halogens is 2. The molecule has 4 nitrogen and oxygen atoms in total. The van der Waals surface area contributed by atoms with Gasteiger partial charge in [-0.25, -0.2) is 8.42 Å². The topological polar surface area (TPSA) is 78.2 Å². The maximum absolute atomic E-state index is 10.9. The highest BCUT2D eigenvalue weighted by Crippen LogP contribution is 2.28. The van der Waals surface area contributed by atoms with E-state index >= 15 is 0 Å². The lowest BCUT2D eigenvalue weighted by Gasteiger charge is -2.01.